The smallest absolute Gasteiger partial charge is 0.277 e. The zero-order valence-corrected chi connectivity index (χ0v) is 19.2. The minimum atomic E-state index is 0.147. The summed E-state index contributed by atoms with van der Waals surface area (Å²) in [6.45, 7) is 7.72. The van der Waals surface area contributed by atoms with Crippen LogP contribution in [0.4, 0.5) is 0 Å². The number of carbonyl (C=O) groups excluding carboxylic acids is 1. The Morgan fingerprint density at radius 2 is 1.65 bits per heavy atom. The van der Waals surface area contributed by atoms with E-state index in [2.05, 4.69) is 0 Å². The molecule has 1 aromatic heterocycles. The maximum atomic E-state index is 12.6. The van der Waals surface area contributed by atoms with E-state index in [4.69, 9.17) is 18.6 Å². The van der Waals surface area contributed by atoms with E-state index >= 15 is 0 Å². The Morgan fingerprint density at radius 1 is 0.968 bits per heavy atom. The number of amides is 1. The molecule has 1 aromatic carbocycles. The third-order valence-electron chi connectivity index (χ3n) is 5.91. The number of benzene rings is 1. The highest BCUT2D eigenvalue weighted by Crippen LogP contribution is 2.39. The second-order valence-electron chi connectivity index (χ2n) is 8.11. The van der Waals surface area contributed by atoms with Crippen molar-refractivity contribution in [1.82, 2.24) is 4.90 Å². The predicted octanol–water partition coefficient (Wildman–Crippen LogP) is -0.444. The summed E-state index contributed by atoms with van der Waals surface area (Å²) < 4.78 is 22.1. The number of nitrogens with one attached hydrogen (secondary N) is 2. The zero-order chi connectivity index (χ0) is 22.4. The average Bonchev–Trinajstić information content (AvgIpc) is 3.18. The Bertz CT molecular complexity index is 874. The molecular formula is C23H35N3O5+2. The fraction of sp³-hybridized carbons (Fsp3) is 0.522. The molecular weight excluding hydrogens is 398 g/mol. The molecule has 2 N–H and O–H groups in total. The first-order chi connectivity index (χ1) is 14.9. The number of methoxy groups -OCH3 is 3. The largest absolute Gasteiger partial charge is 0.493 e. The molecule has 3 rings (SSSR count). The summed E-state index contributed by atoms with van der Waals surface area (Å²) in [7, 11) is 6.74. The third-order valence-corrected chi connectivity index (χ3v) is 5.91. The van der Waals surface area contributed by atoms with Gasteiger partial charge in [-0.15, -0.1) is 0 Å². The molecule has 1 aliphatic heterocycles. The molecule has 0 atom stereocenters. The van der Waals surface area contributed by atoms with Crippen LogP contribution in [0.2, 0.25) is 0 Å². The van der Waals surface area contributed by atoms with Crippen molar-refractivity contribution in [3.63, 3.8) is 0 Å². The van der Waals surface area contributed by atoms with Crippen LogP contribution in [0.5, 0.6) is 17.2 Å². The van der Waals surface area contributed by atoms with Crippen LogP contribution < -0.4 is 24.0 Å². The van der Waals surface area contributed by atoms with Crippen molar-refractivity contribution in [1.29, 1.82) is 0 Å². The van der Waals surface area contributed by atoms with Crippen LogP contribution in [0.15, 0.2) is 28.7 Å². The lowest BCUT2D eigenvalue weighted by Gasteiger charge is -2.30. The van der Waals surface area contributed by atoms with Gasteiger partial charge in [-0.25, -0.2) is 0 Å². The van der Waals surface area contributed by atoms with Crippen molar-refractivity contribution in [2.75, 3.05) is 61.1 Å². The lowest BCUT2D eigenvalue weighted by Crippen LogP contribution is -3.28. The Labute approximate surface area is 184 Å². The van der Waals surface area contributed by atoms with E-state index in [9.17, 15) is 4.79 Å². The molecule has 8 nitrogen and oxygen atoms in total. The summed E-state index contributed by atoms with van der Waals surface area (Å²) in [6, 6.07) is 7.82. The highest BCUT2D eigenvalue weighted by atomic mass is 16.5. The van der Waals surface area contributed by atoms with Crippen LogP contribution in [-0.4, -0.2) is 71.9 Å². The van der Waals surface area contributed by atoms with Crippen molar-refractivity contribution in [2.45, 2.75) is 20.0 Å². The Balaban J connectivity index is 1.51. The summed E-state index contributed by atoms with van der Waals surface area (Å²) in [5.74, 6) is 3.86. The van der Waals surface area contributed by atoms with E-state index < -0.39 is 0 Å². The molecule has 0 aliphatic carbocycles. The molecule has 0 unspecified atom stereocenters. The molecule has 2 aromatic rings. The fourth-order valence-electron chi connectivity index (χ4n) is 4.12. The topological polar surface area (TPSA) is 70.0 Å². The van der Waals surface area contributed by atoms with Crippen molar-refractivity contribution in [3.8, 4) is 17.2 Å². The minimum absolute atomic E-state index is 0.147. The van der Waals surface area contributed by atoms with Gasteiger partial charge in [-0.05, 0) is 31.2 Å². The number of likely N-dealkylation sites (N-methyl/N-ethyl adjacent to an activating group) is 1. The van der Waals surface area contributed by atoms with Gasteiger partial charge in [-0.2, -0.15) is 0 Å². The standard InChI is InChI=1S/C23H33N3O5/c1-17-6-8-19(31-17)15-24(2)21(27)16-26-12-10-25(11-13-26)14-18-7-9-20(28-3)23(30-5)22(18)29-4/h6-9H,10-16H2,1-5H3/p+2. The van der Waals surface area contributed by atoms with Gasteiger partial charge in [-0.3, -0.25) is 4.79 Å². The van der Waals surface area contributed by atoms with Crippen LogP contribution >= 0.6 is 0 Å². The summed E-state index contributed by atoms with van der Waals surface area (Å²) in [5.41, 5.74) is 1.10. The number of quaternary nitrogens is 2. The van der Waals surface area contributed by atoms with Gasteiger partial charge in [0, 0.05) is 7.05 Å². The zero-order valence-electron chi connectivity index (χ0n) is 19.2. The number of hydrogen-bond donors (Lipinski definition) is 2. The number of carbonyl (C=O) groups is 1. The SMILES string of the molecule is COc1ccc(C[NH+]2CC[NH+](CC(=O)N(C)Cc3ccc(C)o3)CC2)c(OC)c1OC. The van der Waals surface area contributed by atoms with Gasteiger partial charge in [0.1, 0.15) is 44.2 Å². The fourth-order valence-corrected chi connectivity index (χ4v) is 4.12. The van der Waals surface area contributed by atoms with Crippen LogP contribution in [0.1, 0.15) is 17.1 Å². The van der Waals surface area contributed by atoms with Crippen molar-refractivity contribution >= 4 is 5.91 Å². The molecule has 1 amide bonds. The summed E-state index contributed by atoms with van der Waals surface area (Å²) in [4.78, 5) is 17.2. The molecule has 1 saturated heterocycles. The molecule has 2 heterocycles. The number of hydrogen-bond acceptors (Lipinski definition) is 5. The Hall–Kier alpha value is -2.71. The normalized spacial score (nSPS) is 18.5. The Kier molecular flexibility index (Phi) is 7.81. The number of nitrogens with zero attached hydrogens (tertiary/aromatic N) is 1. The van der Waals surface area contributed by atoms with Crippen LogP contribution in [0.25, 0.3) is 0 Å². The number of aryl methyl sites for hydroxylation is 1. The monoisotopic (exact) mass is 433 g/mol. The molecule has 0 radical (unpaired) electrons. The summed E-state index contributed by atoms with van der Waals surface area (Å²) in [5, 5.41) is 0. The predicted molar refractivity (Wildman–Crippen MR) is 116 cm³/mol. The second-order valence-corrected chi connectivity index (χ2v) is 8.11. The number of rotatable bonds is 9. The van der Waals surface area contributed by atoms with Crippen molar-refractivity contribution in [3.05, 3.63) is 41.3 Å². The average molecular weight is 434 g/mol. The van der Waals surface area contributed by atoms with Crippen LogP contribution in [0.3, 0.4) is 0 Å². The number of piperazine rings is 1. The van der Waals surface area contributed by atoms with Gasteiger partial charge in [0.2, 0.25) is 5.75 Å². The number of ether oxygens (including phenoxy) is 3. The van der Waals surface area contributed by atoms with Gasteiger partial charge < -0.3 is 33.3 Å². The molecule has 0 bridgehead atoms. The van der Waals surface area contributed by atoms with Crippen LogP contribution in [0, 0.1) is 6.92 Å². The molecule has 1 aliphatic rings. The van der Waals surface area contributed by atoms with E-state index in [0.29, 0.717) is 24.6 Å². The summed E-state index contributed by atoms with van der Waals surface area (Å²) >= 11 is 0. The first-order valence-electron chi connectivity index (χ1n) is 10.7. The van der Waals surface area contributed by atoms with E-state index in [-0.39, 0.29) is 5.91 Å². The van der Waals surface area contributed by atoms with Gasteiger partial charge in [-0.1, -0.05) is 0 Å². The molecule has 170 valence electrons. The maximum absolute atomic E-state index is 12.6. The van der Waals surface area contributed by atoms with Gasteiger partial charge in [0.05, 0.1) is 33.4 Å². The molecule has 1 fully saturated rings. The number of furan rings is 1. The van der Waals surface area contributed by atoms with E-state index in [1.165, 1.54) is 9.80 Å². The highest BCUT2D eigenvalue weighted by Gasteiger charge is 2.28. The van der Waals surface area contributed by atoms with Crippen LogP contribution in [-0.2, 0) is 17.9 Å². The Morgan fingerprint density at radius 3 is 2.23 bits per heavy atom. The lowest BCUT2D eigenvalue weighted by atomic mass is 10.1. The van der Waals surface area contributed by atoms with Crippen molar-refractivity contribution in [2.24, 2.45) is 0 Å². The van der Waals surface area contributed by atoms with Gasteiger partial charge >= 0.3 is 0 Å². The van der Waals surface area contributed by atoms with E-state index in [1.54, 1.807) is 26.2 Å². The van der Waals surface area contributed by atoms with Gasteiger partial charge in [0.15, 0.2) is 18.0 Å². The van der Waals surface area contributed by atoms with E-state index in [0.717, 1.165) is 55.6 Å². The highest BCUT2D eigenvalue weighted by molar-refractivity contribution is 5.76. The minimum Gasteiger partial charge on any atom is -0.493 e. The van der Waals surface area contributed by atoms with E-state index in [1.807, 2.05) is 38.2 Å². The van der Waals surface area contributed by atoms with Crippen molar-refractivity contribution < 1.29 is 33.2 Å². The first-order valence-corrected chi connectivity index (χ1v) is 10.7. The first kappa shape index (κ1) is 23.0. The molecule has 0 saturated carbocycles. The quantitative estimate of drug-likeness (QED) is 0.561. The third kappa shape index (κ3) is 5.71. The molecule has 0 spiro atoms. The maximum Gasteiger partial charge on any atom is 0.277 e. The molecule has 31 heavy (non-hydrogen) atoms. The lowest BCUT2D eigenvalue weighted by molar-refractivity contribution is -1.02. The summed E-state index contributed by atoms with van der Waals surface area (Å²) in [6.07, 6.45) is 0. The molecule has 8 heteroatoms. The second kappa shape index (κ2) is 10.5. The van der Waals surface area contributed by atoms with Gasteiger partial charge in [0.25, 0.3) is 5.91 Å².